The Morgan fingerprint density at radius 3 is 2.64 bits per heavy atom. The zero-order valence-electron chi connectivity index (χ0n) is 19.2. The topological polar surface area (TPSA) is 57.6 Å². The molecule has 0 bridgehead atoms. The van der Waals surface area contributed by atoms with Gasteiger partial charge in [-0.05, 0) is 60.5 Å². The average Bonchev–Trinajstić information content (AvgIpc) is 3.22. The van der Waals surface area contributed by atoms with Crippen LogP contribution in [0.5, 0.6) is 0 Å². The van der Waals surface area contributed by atoms with Crippen LogP contribution in [0.15, 0.2) is 101 Å². The molecule has 3 heterocycles. The lowest BCUT2D eigenvalue weighted by Crippen LogP contribution is -2.47. The lowest BCUT2D eigenvalue weighted by Gasteiger charge is -2.40. The summed E-state index contributed by atoms with van der Waals surface area (Å²) in [6, 6.07) is 10.4. The number of hydrogen-bond acceptors (Lipinski definition) is 4. The van der Waals surface area contributed by atoms with Crippen LogP contribution in [0.1, 0.15) is 12.6 Å². The number of allylic oxidation sites excluding steroid dienone is 4. The SMILES string of the molecule is CC12CN=C(c3ccccn3)N1C=CC=C2C1=CC(C(=O)Nc2ccc(F)cc2)C(C(F)(F)F)C=C1. The zero-order valence-corrected chi connectivity index (χ0v) is 19.2. The van der Waals surface area contributed by atoms with Crippen LogP contribution in [0, 0.1) is 17.7 Å². The standard InChI is InChI=1S/C27H22F4N4O/c1-26-16-33-24(23-6-2-3-13-32-23)35(26)14-4-5-21(26)17-7-12-22(27(29,30)31)20(15-17)25(36)34-19-10-8-18(28)9-11-19/h2-15,20,22H,16H2,1H3,(H,34,36). The molecule has 9 heteroatoms. The number of pyridine rings is 1. The first-order valence-corrected chi connectivity index (χ1v) is 11.3. The number of rotatable bonds is 4. The number of alkyl halides is 3. The van der Waals surface area contributed by atoms with E-state index in [0.717, 1.165) is 23.8 Å². The third-order valence-electron chi connectivity index (χ3n) is 6.60. The van der Waals surface area contributed by atoms with Crippen molar-refractivity contribution in [3.63, 3.8) is 0 Å². The second-order valence-electron chi connectivity index (χ2n) is 8.99. The van der Waals surface area contributed by atoms with E-state index in [-0.39, 0.29) is 5.69 Å². The molecule has 1 N–H and O–H groups in total. The average molecular weight is 494 g/mol. The predicted molar refractivity (Wildman–Crippen MR) is 128 cm³/mol. The Morgan fingerprint density at radius 1 is 1.17 bits per heavy atom. The minimum atomic E-state index is -4.62. The summed E-state index contributed by atoms with van der Waals surface area (Å²) in [7, 11) is 0. The van der Waals surface area contributed by atoms with E-state index in [9.17, 15) is 22.4 Å². The molecule has 1 amide bonds. The number of nitrogens with zero attached hydrogens (tertiary/aromatic N) is 3. The Labute approximate surface area is 205 Å². The molecule has 0 saturated heterocycles. The van der Waals surface area contributed by atoms with Crippen molar-refractivity contribution in [3.05, 3.63) is 108 Å². The van der Waals surface area contributed by atoms with Gasteiger partial charge in [-0.25, -0.2) is 4.39 Å². The zero-order chi connectivity index (χ0) is 25.5. The summed E-state index contributed by atoms with van der Waals surface area (Å²) in [4.78, 5) is 24.1. The van der Waals surface area contributed by atoms with E-state index in [1.807, 2.05) is 36.2 Å². The van der Waals surface area contributed by atoms with Crippen molar-refractivity contribution < 1.29 is 22.4 Å². The number of carbonyl (C=O) groups excluding carboxylic acids is 1. The van der Waals surface area contributed by atoms with Crippen LogP contribution in [-0.4, -0.2) is 39.9 Å². The highest BCUT2D eigenvalue weighted by Crippen LogP contribution is 2.43. The smallest absolute Gasteiger partial charge is 0.326 e. The molecule has 1 aliphatic carbocycles. The van der Waals surface area contributed by atoms with Gasteiger partial charge in [-0.2, -0.15) is 13.2 Å². The third kappa shape index (κ3) is 4.25. The van der Waals surface area contributed by atoms with Gasteiger partial charge in [-0.15, -0.1) is 0 Å². The van der Waals surface area contributed by atoms with E-state index in [1.54, 1.807) is 18.3 Å². The van der Waals surface area contributed by atoms with E-state index in [4.69, 9.17) is 0 Å². The maximum atomic E-state index is 13.9. The van der Waals surface area contributed by atoms with Crippen LogP contribution in [0.2, 0.25) is 0 Å². The second-order valence-corrected chi connectivity index (χ2v) is 8.99. The molecule has 1 aromatic carbocycles. The molecule has 184 valence electrons. The van der Waals surface area contributed by atoms with Gasteiger partial charge in [0.25, 0.3) is 0 Å². The summed E-state index contributed by atoms with van der Waals surface area (Å²) >= 11 is 0. The van der Waals surface area contributed by atoms with E-state index in [2.05, 4.69) is 15.3 Å². The number of halogens is 4. The molecule has 2 aliphatic heterocycles. The maximum absolute atomic E-state index is 13.9. The highest BCUT2D eigenvalue weighted by atomic mass is 19.4. The van der Waals surface area contributed by atoms with Crippen LogP contribution in [0.3, 0.4) is 0 Å². The number of amides is 1. The Balaban J connectivity index is 1.46. The first-order chi connectivity index (χ1) is 17.2. The van der Waals surface area contributed by atoms with E-state index in [1.165, 1.54) is 24.3 Å². The third-order valence-corrected chi connectivity index (χ3v) is 6.60. The predicted octanol–water partition coefficient (Wildman–Crippen LogP) is 5.42. The summed E-state index contributed by atoms with van der Waals surface area (Å²) < 4.78 is 54.8. The summed E-state index contributed by atoms with van der Waals surface area (Å²) in [5, 5.41) is 2.49. The quantitative estimate of drug-likeness (QED) is 0.577. The summed E-state index contributed by atoms with van der Waals surface area (Å²) in [6.45, 7) is 2.33. The van der Waals surface area contributed by atoms with E-state index in [0.29, 0.717) is 23.6 Å². The highest BCUT2D eigenvalue weighted by molar-refractivity contribution is 6.00. The fraction of sp³-hybridized carbons (Fsp3) is 0.222. The van der Waals surface area contributed by atoms with Gasteiger partial charge in [0.05, 0.1) is 23.9 Å². The van der Waals surface area contributed by atoms with Gasteiger partial charge >= 0.3 is 6.18 Å². The summed E-state index contributed by atoms with van der Waals surface area (Å²) in [6.07, 6.45) is 6.39. The number of anilines is 1. The van der Waals surface area contributed by atoms with Gasteiger partial charge in [0.2, 0.25) is 5.91 Å². The van der Waals surface area contributed by atoms with Gasteiger partial charge in [0, 0.05) is 18.1 Å². The molecule has 5 rings (SSSR count). The Hall–Kier alpha value is -4.01. The Bertz CT molecular complexity index is 1330. The largest absolute Gasteiger partial charge is 0.396 e. The first-order valence-electron chi connectivity index (χ1n) is 11.3. The maximum Gasteiger partial charge on any atom is 0.396 e. The van der Waals surface area contributed by atoms with Crippen molar-refractivity contribution in [2.75, 3.05) is 11.9 Å². The normalized spacial score (nSPS) is 25.1. The molecule has 0 saturated carbocycles. The number of nitrogens with one attached hydrogen (secondary N) is 1. The molecule has 3 aliphatic rings. The molecule has 0 spiro atoms. The van der Waals surface area contributed by atoms with Crippen LogP contribution < -0.4 is 5.32 Å². The van der Waals surface area contributed by atoms with Crippen LogP contribution in [0.4, 0.5) is 23.2 Å². The lowest BCUT2D eigenvalue weighted by molar-refractivity contribution is -0.173. The number of carbonyl (C=O) groups is 1. The number of hydrogen-bond donors (Lipinski definition) is 1. The fourth-order valence-electron chi connectivity index (χ4n) is 4.75. The van der Waals surface area contributed by atoms with Crippen LogP contribution >= 0.6 is 0 Å². The lowest BCUT2D eigenvalue weighted by atomic mass is 9.77. The minimum absolute atomic E-state index is 0.217. The molecule has 3 unspecified atom stereocenters. The number of benzene rings is 1. The number of aromatic nitrogens is 1. The van der Waals surface area contributed by atoms with Crippen molar-refractivity contribution in [1.82, 2.24) is 9.88 Å². The van der Waals surface area contributed by atoms with E-state index < -0.39 is 35.3 Å². The number of amidine groups is 1. The molecule has 0 radical (unpaired) electrons. The molecule has 5 nitrogen and oxygen atoms in total. The Morgan fingerprint density at radius 2 is 1.94 bits per heavy atom. The molecule has 36 heavy (non-hydrogen) atoms. The molecule has 2 aromatic rings. The molecular weight excluding hydrogens is 472 g/mol. The minimum Gasteiger partial charge on any atom is -0.326 e. The van der Waals surface area contributed by atoms with Crippen LogP contribution in [-0.2, 0) is 4.79 Å². The van der Waals surface area contributed by atoms with Crippen molar-refractivity contribution in [1.29, 1.82) is 0 Å². The molecule has 0 fully saturated rings. The fourth-order valence-corrected chi connectivity index (χ4v) is 4.75. The van der Waals surface area contributed by atoms with Gasteiger partial charge in [-0.1, -0.05) is 30.4 Å². The summed E-state index contributed by atoms with van der Waals surface area (Å²) in [5.41, 5.74) is 1.50. The van der Waals surface area contributed by atoms with Crippen molar-refractivity contribution >= 4 is 17.4 Å². The van der Waals surface area contributed by atoms with E-state index >= 15 is 0 Å². The van der Waals surface area contributed by atoms with Gasteiger partial charge in [-0.3, -0.25) is 14.8 Å². The van der Waals surface area contributed by atoms with Crippen molar-refractivity contribution in [2.45, 2.75) is 18.6 Å². The second kappa shape index (κ2) is 8.89. The van der Waals surface area contributed by atoms with Crippen molar-refractivity contribution in [2.24, 2.45) is 16.8 Å². The van der Waals surface area contributed by atoms with Crippen molar-refractivity contribution in [3.8, 4) is 0 Å². The Kier molecular flexibility index (Phi) is 5.86. The highest BCUT2D eigenvalue weighted by Gasteiger charge is 2.48. The molecular formula is C27H22F4N4O. The van der Waals surface area contributed by atoms with Gasteiger partial charge < -0.3 is 10.2 Å². The summed E-state index contributed by atoms with van der Waals surface area (Å²) in [5.74, 6) is -4.16. The molecule has 1 aromatic heterocycles. The van der Waals surface area contributed by atoms with Crippen LogP contribution in [0.25, 0.3) is 0 Å². The van der Waals surface area contributed by atoms with Gasteiger partial charge in [0.1, 0.15) is 11.5 Å². The van der Waals surface area contributed by atoms with Gasteiger partial charge in [0.15, 0.2) is 5.84 Å². The number of fused-ring (bicyclic) bond motifs is 1. The monoisotopic (exact) mass is 494 g/mol. The number of aliphatic imine (C=N–C) groups is 1. The first kappa shape index (κ1) is 23.7. The molecule has 3 atom stereocenters.